The Kier molecular flexibility index (Phi) is 3.89. The Morgan fingerprint density at radius 3 is 3.06 bits per heavy atom. The van der Waals surface area contributed by atoms with Crippen molar-refractivity contribution in [2.75, 3.05) is 6.61 Å². The van der Waals surface area contributed by atoms with Gasteiger partial charge >= 0.3 is 11.7 Å². The van der Waals surface area contributed by atoms with Crippen molar-refractivity contribution in [1.29, 1.82) is 0 Å². The second-order valence-corrected chi connectivity index (χ2v) is 4.67. The van der Waals surface area contributed by atoms with Crippen molar-refractivity contribution >= 4 is 11.7 Å². The normalized spacial score (nSPS) is 25.8. The van der Waals surface area contributed by atoms with Gasteiger partial charge in [0.2, 0.25) is 0 Å². The van der Waals surface area contributed by atoms with E-state index in [0.717, 1.165) is 25.7 Å². The molecule has 2 atom stereocenters. The van der Waals surface area contributed by atoms with Gasteiger partial charge < -0.3 is 9.57 Å². The zero-order chi connectivity index (χ0) is 13.1. The molecular weight excluding hydrogens is 234 g/mol. The van der Waals surface area contributed by atoms with Gasteiger partial charge in [0.05, 0.1) is 18.6 Å². The van der Waals surface area contributed by atoms with Gasteiger partial charge in [-0.1, -0.05) is 25.0 Å². The molecule has 100 valence electrons. The van der Waals surface area contributed by atoms with Gasteiger partial charge in [-0.2, -0.15) is 0 Å². The molecule has 0 spiro atoms. The van der Waals surface area contributed by atoms with Crippen LogP contribution in [0.15, 0.2) is 11.6 Å². The fraction of sp³-hybridized carbons (Fsp3) is 0.692. The molecule has 18 heavy (non-hydrogen) atoms. The first-order valence-corrected chi connectivity index (χ1v) is 6.54. The maximum atomic E-state index is 11.7. The van der Waals surface area contributed by atoms with Crippen LogP contribution in [0.2, 0.25) is 0 Å². The van der Waals surface area contributed by atoms with E-state index in [4.69, 9.17) is 9.57 Å². The minimum Gasteiger partial charge on any atom is -0.458 e. The van der Waals surface area contributed by atoms with Gasteiger partial charge in [-0.05, 0) is 26.2 Å². The summed E-state index contributed by atoms with van der Waals surface area (Å²) in [6.45, 7) is 4.13. The molecule has 0 radical (unpaired) electrons. The van der Waals surface area contributed by atoms with Crippen LogP contribution in [0.1, 0.15) is 39.5 Å². The highest BCUT2D eigenvalue weighted by Crippen LogP contribution is 2.35. The number of carbonyl (C=O) groups excluding carboxylic acids is 1. The number of allylic oxidation sites excluding steroid dienone is 1. The summed E-state index contributed by atoms with van der Waals surface area (Å²) in [6, 6.07) is 0. The lowest BCUT2D eigenvalue weighted by Gasteiger charge is -2.06. The van der Waals surface area contributed by atoms with E-state index in [2.05, 4.69) is 6.92 Å². The highest BCUT2D eigenvalue weighted by Gasteiger charge is 2.47. The van der Waals surface area contributed by atoms with Gasteiger partial charge in [-0.3, -0.25) is 5.21 Å². The molecule has 1 aliphatic carbocycles. The zero-order valence-corrected chi connectivity index (χ0v) is 10.8. The largest absolute Gasteiger partial charge is 0.458 e. The summed E-state index contributed by atoms with van der Waals surface area (Å²) in [6.07, 6.45) is 5.71. The zero-order valence-electron chi connectivity index (χ0n) is 10.8. The lowest BCUT2D eigenvalue weighted by atomic mass is 9.97. The van der Waals surface area contributed by atoms with Gasteiger partial charge in [0, 0.05) is 4.90 Å². The average Bonchev–Trinajstić information content (AvgIpc) is 2.82. The molecule has 5 heteroatoms. The molecule has 1 heterocycles. The summed E-state index contributed by atoms with van der Waals surface area (Å²) >= 11 is 0. The van der Waals surface area contributed by atoms with Gasteiger partial charge in [0.1, 0.15) is 0 Å². The van der Waals surface area contributed by atoms with Crippen LogP contribution in [0.25, 0.3) is 0 Å². The van der Waals surface area contributed by atoms with Crippen molar-refractivity contribution in [3.05, 3.63) is 16.9 Å². The van der Waals surface area contributed by atoms with Crippen LogP contribution in [0, 0.1) is 11.1 Å². The molecule has 5 nitrogen and oxygen atoms in total. The summed E-state index contributed by atoms with van der Waals surface area (Å²) in [5.41, 5.74) is 1.39. The van der Waals surface area contributed by atoms with Crippen LogP contribution in [0.3, 0.4) is 0 Å². The van der Waals surface area contributed by atoms with Crippen LogP contribution in [0.5, 0.6) is 0 Å². The Labute approximate surface area is 107 Å². The molecule has 0 saturated heterocycles. The molecule has 1 aliphatic heterocycles. The molecule has 0 aromatic carbocycles. The minimum absolute atomic E-state index is 0.115. The number of unbranched alkanes of at least 4 members (excludes halogenated alkanes) is 1. The van der Waals surface area contributed by atoms with Gasteiger partial charge in [-0.15, -0.1) is 0 Å². The van der Waals surface area contributed by atoms with Crippen LogP contribution in [-0.2, 0) is 14.4 Å². The SMILES string of the molecule is CCCCC1=C[C@@H]2O[N+]([O-])=C(C(=O)OCC)[C@@H]2C1. The Hall–Kier alpha value is -1.52. The van der Waals surface area contributed by atoms with E-state index in [0.29, 0.717) is 4.90 Å². The molecule has 2 rings (SSSR count). The monoisotopic (exact) mass is 253 g/mol. The standard InChI is InChI=1S/C13H19NO4/c1-3-5-6-9-7-10-11(8-9)18-14(16)12(10)13(15)17-4-2/h8,10-11H,3-7H2,1-2H3/t10-,11+/m1/s1. The van der Waals surface area contributed by atoms with E-state index < -0.39 is 5.97 Å². The molecule has 0 aromatic heterocycles. The number of fused-ring (bicyclic) bond motifs is 1. The molecule has 0 N–H and O–H groups in total. The van der Waals surface area contributed by atoms with Crippen LogP contribution in [0.4, 0.5) is 0 Å². The van der Waals surface area contributed by atoms with E-state index in [9.17, 15) is 10.0 Å². The fourth-order valence-electron chi connectivity index (χ4n) is 2.49. The quantitative estimate of drug-likeness (QED) is 0.427. The maximum Gasteiger partial charge on any atom is 0.405 e. The topological polar surface area (TPSA) is 61.6 Å². The molecule has 0 fully saturated rings. The summed E-state index contributed by atoms with van der Waals surface area (Å²) in [4.78, 5) is 17.2. The van der Waals surface area contributed by atoms with Crippen LogP contribution in [-0.4, -0.2) is 29.3 Å². The van der Waals surface area contributed by atoms with Crippen molar-refractivity contribution < 1.29 is 19.3 Å². The number of hydrogen-bond acceptors (Lipinski definition) is 4. The second kappa shape index (κ2) is 5.42. The average molecular weight is 253 g/mol. The maximum absolute atomic E-state index is 11.7. The summed E-state index contributed by atoms with van der Waals surface area (Å²) < 4.78 is 4.90. The highest BCUT2D eigenvalue weighted by atomic mass is 16.9. The highest BCUT2D eigenvalue weighted by molar-refractivity contribution is 6.35. The third kappa shape index (κ3) is 2.35. The van der Waals surface area contributed by atoms with Crippen molar-refractivity contribution in [3.8, 4) is 0 Å². The van der Waals surface area contributed by atoms with E-state index in [1.54, 1.807) is 6.92 Å². The predicted molar refractivity (Wildman–Crippen MR) is 65.9 cm³/mol. The number of esters is 1. The Balaban J connectivity index is 2.03. The fourth-order valence-corrected chi connectivity index (χ4v) is 2.49. The lowest BCUT2D eigenvalue weighted by molar-refractivity contribution is -0.737. The molecule has 0 saturated carbocycles. The van der Waals surface area contributed by atoms with Crippen LogP contribution >= 0.6 is 0 Å². The number of ether oxygens (including phenoxy) is 1. The molecular formula is C13H19NO4. The lowest BCUT2D eigenvalue weighted by Crippen LogP contribution is -2.28. The summed E-state index contributed by atoms with van der Waals surface area (Å²) in [5.74, 6) is -0.710. The number of rotatable bonds is 5. The molecule has 0 bridgehead atoms. The Bertz CT molecular complexity index is 400. The third-order valence-corrected chi connectivity index (χ3v) is 3.38. The van der Waals surface area contributed by atoms with Crippen molar-refractivity contribution in [2.45, 2.75) is 45.6 Å². The number of hydrogen-bond donors (Lipinski definition) is 0. The van der Waals surface area contributed by atoms with E-state index in [1.165, 1.54) is 5.57 Å². The first-order chi connectivity index (χ1) is 8.67. The van der Waals surface area contributed by atoms with Crippen molar-refractivity contribution in [2.24, 2.45) is 5.92 Å². The molecule has 0 amide bonds. The van der Waals surface area contributed by atoms with Gasteiger partial charge in [0.25, 0.3) is 0 Å². The molecule has 0 unspecified atom stereocenters. The van der Waals surface area contributed by atoms with E-state index >= 15 is 0 Å². The number of nitrogens with zero attached hydrogens (tertiary/aromatic N) is 1. The molecule has 0 aromatic rings. The van der Waals surface area contributed by atoms with Gasteiger partial charge in [-0.25, -0.2) is 4.79 Å². The Morgan fingerprint density at radius 1 is 1.61 bits per heavy atom. The van der Waals surface area contributed by atoms with E-state index in [-0.39, 0.29) is 24.3 Å². The second-order valence-electron chi connectivity index (χ2n) is 4.67. The van der Waals surface area contributed by atoms with Crippen LogP contribution < -0.4 is 0 Å². The van der Waals surface area contributed by atoms with Crippen molar-refractivity contribution in [3.63, 3.8) is 0 Å². The van der Waals surface area contributed by atoms with Gasteiger partial charge in [0.15, 0.2) is 0 Å². The summed E-state index contributed by atoms with van der Waals surface area (Å²) in [7, 11) is 0. The summed E-state index contributed by atoms with van der Waals surface area (Å²) in [5, 5.41) is 11.6. The first kappa shape index (κ1) is 12.9. The Morgan fingerprint density at radius 2 is 2.39 bits per heavy atom. The first-order valence-electron chi connectivity index (χ1n) is 6.54. The third-order valence-electron chi connectivity index (χ3n) is 3.38. The minimum atomic E-state index is -0.551. The molecule has 2 aliphatic rings. The predicted octanol–water partition coefficient (Wildman–Crippen LogP) is 1.95. The van der Waals surface area contributed by atoms with Crippen molar-refractivity contribution in [1.82, 2.24) is 0 Å². The number of carbonyl (C=O) groups is 1. The smallest absolute Gasteiger partial charge is 0.405 e. The van der Waals surface area contributed by atoms with E-state index in [1.807, 2.05) is 6.08 Å².